The fourth-order valence-electron chi connectivity index (χ4n) is 1.81. The minimum Gasteiger partial charge on any atom is -0.484 e. The molecule has 2 aromatic carbocycles. The summed E-state index contributed by atoms with van der Waals surface area (Å²) in [7, 11) is 0. The third-order valence-electron chi connectivity index (χ3n) is 3.07. The van der Waals surface area contributed by atoms with Crippen LogP contribution >= 0.6 is 11.8 Å². The van der Waals surface area contributed by atoms with Crippen molar-refractivity contribution in [2.24, 2.45) is 0 Å². The van der Waals surface area contributed by atoms with Gasteiger partial charge in [0.2, 0.25) is 0 Å². The molecule has 0 aliphatic rings. The average Bonchev–Trinajstić information content (AvgIpc) is 2.59. The first kappa shape index (κ1) is 16.8. The highest BCUT2D eigenvalue weighted by Crippen LogP contribution is 2.17. The Morgan fingerprint density at radius 1 is 1.17 bits per heavy atom. The Morgan fingerprint density at radius 3 is 2.39 bits per heavy atom. The van der Waals surface area contributed by atoms with E-state index < -0.39 is 4.92 Å². The molecule has 0 radical (unpaired) electrons. The number of thioether (sulfide) groups is 1. The zero-order valence-corrected chi connectivity index (χ0v) is 13.3. The smallest absolute Gasteiger partial charge is 0.269 e. The zero-order valence-electron chi connectivity index (χ0n) is 12.5. The molecule has 0 saturated carbocycles. The fraction of sp³-hybridized carbons (Fsp3) is 0.188. The van der Waals surface area contributed by atoms with Gasteiger partial charge in [0.1, 0.15) is 5.75 Å². The molecule has 2 rings (SSSR count). The first-order chi connectivity index (χ1) is 11.1. The van der Waals surface area contributed by atoms with E-state index in [0.29, 0.717) is 12.3 Å². The lowest BCUT2D eigenvalue weighted by Gasteiger charge is -2.08. The highest BCUT2D eigenvalue weighted by molar-refractivity contribution is 7.98. The summed E-state index contributed by atoms with van der Waals surface area (Å²) in [6.45, 7) is 0.290. The maximum atomic E-state index is 11.7. The highest BCUT2D eigenvalue weighted by Gasteiger charge is 2.06. The number of nitro benzene ring substituents is 1. The van der Waals surface area contributed by atoms with E-state index in [9.17, 15) is 14.9 Å². The Hall–Kier alpha value is -2.54. The standard InChI is InChI=1S/C16H16N2O4S/c1-23-15-8-2-12(3-9-15)10-17-16(19)11-22-14-6-4-13(5-7-14)18(20)21/h2-9H,10-11H2,1H3,(H,17,19). The van der Waals surface area contributed by atoms with Crippen LogP contribution in [0.4, 0.5) is 5.69 Å². The predicted octanol–water partition coefficient (Wildman–Crippen LogP) is 3.01. The van der Waals surface area contributed by atoms with E-state index in [1.807, 2.05) is 30.5 Å². The number of nitrogens with zero attached hydrogens (tertiary/aromatic N) is 1. The van der Waals surface area contributed by atoms with Gasteiger partial charge in [-0.15, -0.1) is 11.8 Å². The molecule has 23 heavy (non-hydrogen) atoms. The number of amides is 1. The third kappa shape index (κ3) is 5.30. The number of rotatable bonds is 7. The first-order valence-corrected chi connectivity index (χ1v) is 8.08. The summed E-state index contributed by atoms with van der Waals surface area (Å²) in [5, 5.41) is 13.3. The Morgan fingerprint density at radius 2 is 1.83 bits per heavy atom. The monoisotopic (exact) mass is 332 g/mol. The van der Waals surface area contributed by atoms with Gasteiger partial charge >= 0.3 is 0 Å². The summed E-state index contributed by atoms with van der Waals surface area (Å²) in [6.07, 6.45) is 2.01. The van der Waals surface area contributed by atoms with Gasteiger partial charge in [0, 0.05) is 23.6 Å². The largest absolute Gasteiger partial charge is 0.484 e. The van der Waals surface area contributed by atoms with Crippen LogP contribution in [-0.2, 0) is 11.3 Å². The van der Waals surface area contributed by atoms with E-state index in [1.165, 1.54) is 29.2 Å². The molecule has 0 fully saturated rings. The lowest BCUT2D eigenvalue weighted by atomic mass is 10.2. The van der Waals surface area contributed by atoms with Gasteiger partial charge in [0.15, 0.2) is 6.61 Å². The number of carbonyl (C=O) groups is 1. The van der Waals surface area contributed by atoms with E-state index in [0.717, 1.165) is 5.56 Å². The summed E-state index contributed by atoms with van der Waals surface area (Å²) in [5.41, 5.74) is 0.988. The van der Waals surface area contributed by atoms with Gasteiger partial charge in [0.25, 0.3) is 11.6 Å². The maximum Gasteiger partial charge on any atom is 0.269 e. The maximum absolute atomic E-state index is 11.7. The van der Waals surface area contributed by atoms with Crippen molar-refractivity contribution in [3.05, 3.63) is 64.2 Å². The van der Waals surface area contributed by atoms with Crippen molar-refractivity contribution in [1.29, 1.82) is 0 Å². The van der Waals surface area contributed by atoms with Gasteiger partial charge in [-0.2, -0.15) is 0 Å². The predicted molar refractivity (Wildman–Crippen MR) is 88.7 cm³/mol. The fourth-order valence-corrected chi connectivity index (χ4v) is 2.22. The molecule has 0 bridgehead atoms. The number of carbonyl (C=O) groups excluding carboxylic acids is 1. The number of hydrogen-bond donors (Lipinski definition) is 1. The second-order valence-corrected chi connectivity index (χ2v) is 5.54. The van der Waals surface area contributed by atoms with Crippen LogP contribution in [0.2, 0.25) is 0 Å². The molecule has 1 N–H and O–H groups in total. The Kier molecular flexibility index (Phi) is 5.99. The SMILES string of the molecule is CSc1ccc(CNC(=O)COc2ccc([N+](=O)[O-])cc2)cc1. The lowest BCUT2D eigenvalue weighted by Crippen LogP contribution is -2.28. The number of benzene rings is 2. The molecule has 0 atom stereocenters. The molecule has 0 aliphatic carbocycles. The minimum atomic E-state index is -0.487. The van der Waals surface area contributed by atoms with Crippen molar-refractivity contribution in [1.82, 2.24) is 5.32 Å². The van der Waals surface area contributed by atoms with Crippen molar-refractivity contribution in [3.8, 4) is 5.75 Å². The average molecular weight is 332 g/mol. The first-order valence-electron chi connectivity index (χ1n) is 6.85. The molecule has 0 aromatic heterocycles. The van der Waals surface area contributed by atoms with Crippen LogP contribution in [0.5, 0.6) is 5.75 Å². The second-order valence-electron chi connectivity index (χ2n) is 4.66. The molecule has 0 heterocycles. The van der Waals surface area contributed by atoms with E-state index >= 15 is 0 Å². The van der Waals surface area contributed by atoms with Crippen LogP contribution in [0.3, 0.4) is 0 Å². The summed E-state index contributed by atoms with van der Waals surface area (Å²) >= 11 is 1.66. The van der Waals surface area contributed by atoms with Crippen LogP contribution in [-0.4, -0.2) is 23.7 Å². The molecule has 1 amide bonds. The van der Waals surface area contributed by atoms with Gasteiger partial charge in [-0.3, -0.25) is 14.9 Å². The van der Waals surface area contributed by atoms with Crippen LogP contribution in [0.25, 0.3) is 0 Å². The number of nitro groups is 1. The number of hydrogen-bond acceptors (Lipinski definition) is 5. The molecule has 0 spiro atoms. The zero-order chi connectivity index (χ0) is 16.7. The van der Waals surface area contributed by atoms with E-state index in [2.05, 4.69) is 5.32 Å². The Bertz CT molecular complexity index is 671. The van der Waals surface area contributed by atoms with Crippen LogP contribution in [0.1, 0.15) is 5.56 Å². The van der Waals surface area contributed by atoms with E-state index in [4.69, 9.17) is 4.74 Å². The highest BCUT2D eigenvalue weighted by atomic mass is 32.2. The van der Waals surface area contributed by atoms with Gasteiger partial charge in [-0.05, 0) is 36.1 Å². The summed E-state index contributed by atoms with van der Waals surface area (Å²) in [4.78, 5) is 23.0. The molecule has 7 heteroatoms. The normalized spacial score (nSPS) is 10.1. The quantitative estimate of drug-likeness (QED) is 0.479. The second kappa shape index (κ2) is 8.19. The van der Waals surface area contributed by atoms with Crippen molar-refractivity contribution >= 4 is 23.4 Å². The van der Waals surface area contributed by atoms with Gasteiger partial charge in [-0.1, -0.05) is 12.1 Å². The molecule has 6 nitrogen and oxygen atoms in total. The van der Waals surface area contributed by atoms with Crippen LogP contribution < -0.4 is 10.1 Å². The molecular formula is C16H16N2O4S. The van der Waals surface area contributed by atoms with Gasteiger partial charge in [0.05, 0.1) is 4.92 Å². The lowest BCUT2D eigenvalue weighted by molar-refractivity contribution is -0.384. The van der Waals surface area contributed by atoms with Gasteiger partial charge in [-0.25, -0.2) is 0 Å². The molecular weight excluding hydrogens is 316 g/mol. The summed E-state index contributed by atoms with van der Waals surface area (Å²) < 4.78 is 5.29. The van der Waals surface area contributed by atoms with Crippen molar-refractivity contribution in [2.45, 2.75) is 11.4 Å². The topological polar surface area (TPSA) is 81.5 Å². The Labute approximate surface area is 138 Å². The molecule has 0 unspecified atom stereocenters. The van der Waals surface area contributed by atoms with Crippen LogP contribution in [0, 0.1) is 10.1 Å². The number of ether oxygens (including phenoxy) is 1. The molecule has 120 valence electrons. The minimum absolute atomic E-state index is 0.0181. The molecule has 2 aromatic rings. The van der Waals surface area contributed by atoms with Crippen molar-refractivity contribution in [2.75, 3.05) is 12.9 Å². The van der Waals surface area contributed by atoms with E-state index in [1.54, 1.807) is 11.8 Å². The number of non-ortho nitro benzene ring substituents is 1. The molecule has 0 saturated heterocycles. The van der Waals surface area contributed by atoms with E-state index in [-0.39, 0.29) is 18.2 Å². The Balaban J connectivity index is 1.77. The van der Waals surface area contributed by atoms with Crippen molar-refractivity contribution in [3.63, 3.8) is 0 Å². The number of nitrogens with one attached hydrogen (secondary N) is 1. The molecule has 0 aliphatic heterocycles. The van der Waals surface area contributed by atoms with Crippen molar-refractivity contribution < 1.29 is 14.5 Å². The van der Waals surface area contributed by atoms with Gasteiger partial charge < -0.3 is 10.1 Å². The van der Waals surface area contributed by atoms with Crippen LogP contribution in [0.15, 0.2) is 53.4 Å². The summed E-state index contributed by atoms with van der Waals surface area (Å²) in [6, 6.07) is 13.5. The summed E-state index contributed by atoms with van der Waals surface area (Å²) in [5.74, 6) is 0.160. The third-order valence-corrected chi connectivity index (χ3v) is 3.81.